The van der Waals surface area contributed by atoms with Gasteiger partial charge in [0.1, 0.15) is 11.6 Å². The SMILES string of the molecule is CCC(CC)(C(=O)O)c1ccc(F)cc1F. The summed E-state index contributed by atoms with van der Waals surface area (Å²) >= 11 is 0. The Morgan fingerprint density at radius 3 is 2.25 bits per heavy atom. The van der Waals surface area contributed by atoms with Crippen molar-refractivity contribution in [1.29, 1.82) is 0 Å². The van der Waals surface area contributed by atoms with Crippen LogP contribution in [0.15, 0.2) is 18.2 Å². The summed E-state index contributed by atoms with van der Waals surface area (Å²) < 4.78 is 26.3. The lowest BCUT2D eigenvalue weighted by Gasteiger charge is -2.27. The van der Waals surface area contributed by atoms with Gasteiger partial charge in [-0.15, -0.1) is 0 Å². The number of aliphatic carboxylic acids is 1. The van der Waals surface area contributed by atoms with E-state index in [0.717, 1.165) is 12.1 Å². The van der Waals surface area contributed by atoms with Crippen molar-refractivity contribution in [3.8, 4) is 0 Å². The zero-order valence-corrected chi connectivity index (χ0v) is 9.26. The molecule has 0 amide bonds. The van der Waals surface area contributed by atoms with Gasteiger partial charge in [-0.2, -0.15) is 0 Å². The largest absolute Gasteiger partial charge is 0.481 e. The number of rotatable bonds is 4. The summed E-state index contributed by atoms with van der Waals surface area (Å²) in [6.45, 7) is 3.36. The van der Waals surface area contributed by atoms with Gasteiger partial charge >= 0.3 is 5.97 Å². The summed E-state index contributed by atoms with van der Waals surface area (Å²) in [6.07, 6.45) is 0.531. The first-order valence-corrected chi connectivity index (χ1v) is 5.17. The molecule has 0 saturated heterocycles. The number of hydrogen-bond acceptors (Lipinski definition) is 1. The maximum atomic E-state index is 13.6. The number of carbonyl (C=O) groups is 1. The van der Waals surface area contributed by atoms with Crippen molar-refractivity contribution in [1.82, 2.24) is 0 Å². The zero-order chi connectivity index (χ0) is 12.3. The molecular weight excluding hydrogens is 214 g/mol. The van der Waals surface area contributed by atoms with Gasteiger partial charge in [0.2, 0.25) is 0 Å². The molecule has 1 aromatic rings. The minimum Gasteiger partial charge on any atom is -0.481 e. The van der Waals surface area contributed by atoms with Crippen LogP contribution in [0.3, 0.4) is 0 Å². The maximum absolute atomic E-state index is 13.6. The monoisotopic (exact) mass is 228 g/mol. The van der Waals surface area contributed by atoms with Crippen LogP contribution in [0.2, 0.25) is 0 Å². The number of carboxylic acids is 1. The van der Waals surface area contributed by atoms with Crippen LogP contribution >= 0.6 is 0 Å². The van der Waals surface area contributed by atoms with Gasteiger partial charge in [0, 0.05) is 11.6 Å². The second kappa shape index (κ2) is 4.60. The smallest absolute Gasteiger partial charge is 0.314 e. The van der Waals surface area contributed by atoms with Gasteiger partial charge in [0.15, 0.2) is 0 Å². The topological polar surface area (TPSA) is 37.3 Å². The fourth-order valence-electron chi connectivity index (χ4n) is 1.93. The average Bonchev–Trinajstić information content (AvgIpc) is 2.22. The van der Waals surface area contributed by atoms with Crippen molar-refractivity contribution in [2.75, 3.05) is 0 Å². The van der Waals surface area contributed by atoms with Crippen LogP contribution in [0.1, 0.15) is 32.3 Å². The molecule has 0 unspecified atom stereocenters. The number of hydrogen-bond donors (Lipinski definition) is 1. The summed E-state index contributed by atoms with van der Waals surface area (Å²) in [5.74, 6) is -2.58. The van der Waals surface area contributed by atoms with Gasteiger partial charge in [-0.3, -0.25) is 4.79 Å². The molecule has 0 aliphatic rings. The molecule has 0 aliphatic carbocycles. The molecule has 0 fully saturated rings. The van der Waals surface area contributed by atoms with Crippen molar-refractivity contribution in [2.45, 2.75) is 32.1 Å². The van der Waals surface area contributed by atoms with Crippen LogP contribution in [-0.2, 0) is 10.2 Å². The van der Waals surface area contributed by atoms with E-state index in [1.54, 1.807) is 13.8 Å². The third-order valence-corrected chi connectivity index (χ3v) is 3.06. The molecule has 2 nitrogen and oxygen atoms in total. The first kappa shape index (κ1) is 12.6. The molecule has 16 heavy (non-hydrogen) atoms. The minimum absolute atomic E-state index is 0.0476. The van der Waals surface area contributed by atoms with Gasteiger partial charge < -0.3 is 5.11 Å². The summed E-state index contributed by atoms with van der Waals surface area (Å²) in [7, 11) is 0. The normalized spacial score (nSPS) is 11.5. The first-order chi connectivity index (χ1) is 7.47. The van der Waals surface area contributed by atoms with Gasteiger partial charge in [0.05, 0.1) is 5.41 Å². The number of carboxylic acid groups (broad SMARTS) is 1. The fourth-order valence-corrected chi connectivity index (χ4v) is 1.93. The highest BCUT2D eigenvalue weighted by Crippen LogP contribution is 2.33. The lowest BCUT2D eigenvalue weighted by molar-refractivity contribution is -0.144. The minimum atomic E-state index is -1.27. The number of halogens is 2. The van der Waals surface area contributed by atoms with Crippen molar-refractivity contribution >= 4 is 5.97 Å². The second-order valence-corrected chi connectivity index (χ2v) is 3.72. The van der Waals surface area contributed by atoms with E-state index in [1.807, 2.05) is 0 Å². The summed E-state index contributed by atoms with van der Waals surface area (Å²) in [4.78, 5) is 11.3. The lowest BCUT2D eigenvalue weighted by atomic mass is 9.75. The lowest BCUT2D eigenvalue weighted by Crippen LogP contribution is -2.35. The van der Waals surface area contributed by atoms with Gasteiger partial charge in [-0.25, -0.2) is 8.78 Å². The molecule has 88 valence electrons. The predicted molar refractivity (Wildman–Crippen MR) is 56.3 cm³/mol. The summed E-state index contributed by atoms with van der Waals surface area (Å²) in [5.41, 5.74) is -1.22. The van der Waals surface area contributed by atoms with E-state index in [0.29, 0.717) is 0 Å². The molecule has 4 heteroatoms. The van der Waals surface area contributed by atoms with Gasteiger partial charge in [0.25, 0.3) is 0 Å². The van der Waals surface area contributed by atoms with Crippen molar-refractivity contribution < 1.29 is 18.7 Å². The molecule has 0 atom stereocenters. The Hall–Kier alpha value is -1.45. The quantitative estimate of drug-likeness (QED) is 0.859. The van der Waals surface area contributed by atoms with E-state index in [4.69, 9.17) is 0 Å². The van der Waals surface area contributed by atoms with Crippen LogP contribution in [0.25, 0.3) is 0 Å². The van der Waals surface area contributed by atoms with Crippen molar-refractivity contribution in [3.63, 3.8) is 0 Å². The Labute approximate surface area is 92.9 Å². The fraction of sp³-hybridized carbons (Fsp3) is 0.417. The van der Waals surface area contributed by atoms with Crippen molar-refractivity contribution in [2.24, 2.45) is 0 Å². The van der Waals surface area contributed by atoms with E-state index >= 15 is 0 Å². The molecule has 0 spiro atoms. The highest BCUT2D eigenvalue weighted by Gasteiger charge is 2.38. The molecular formula is C12H14F2O2. The molecule has 0 aromatic heterocycles. The second-order valence-electron chi connectivity index (χ2n) is 3.72. The third-order valence-electron chi connectivity index (χ3n) is 3.06. The summed E-state index contributed by atoms with van der Waals surface area (Å²) in [5, 5.41) is 9.21. The predicted octanol–water partition coefficient (Wildman–Crippen LogP) is 3.11. The summed E-state index contributed by atoms with van der Waals surface area (Å²) in [6, 6.07) is 3.02. The van der Waals surface area contributed by atoms with Crippen LogP contribution in [0.4, 0.5) is 8.78 Å². The average molecular weight is 228 g/mol. The van der Waals surface area contributed by atoms with Crippen molar-refractivity contribution in [3.05, 3.63) is 35.4 Å². The molecule has 1 rings (SSSR count). The van der Waals surface area contributed by atoms with Gasteiger partial charge in [-0.1, -0.05) is 19.9 Å². The van der Waals surface area contributed by atoms with Crippen LogP contribution in [0, 0.1) is 11.6 Å². The molecule has 0 bridgehead atoms. The van der Waals surface area contributed by atoms with E-state index in [-0.39, 0.29) is 18.4 Å². The van der Waals surface area contributed by atoms with E-state index in [9.17, 15) is 18.7 Å². The standard InChI is InChI=1S/C12H14F2O2/c1-3-12(4-2,11(15)16)9-6-5-8(13)7-10(9)14/h5-7H,3-4H2,1-2H3,(H,15,16). The molecule has 0 saturated carbocycles. The Bertz CT molecular complexity index is 398. The molecule has 0 heterocycles. The maximum Gasteiger partial charge on any atom is 0.314 e. The number of benzene rings is 1. The molecule has 1 aromatic carbocycles. The Balaban J connectivity index is 3.37. The van der Waals surface area contributed by atoms with Crippen LogP contribution in [-0.4, -0.2) is 11.1 Å². The van der Waals surface area contributed by atoms with Crippen LogP contribution < -0.4 is 0 Å². The molecule has 0 radical (unpaired) electrons. The first-order valence-electron chi connectivity index (χ1n) is 5.17. The third kappa shape index (κ3) is 1.92. The van der Waals surface area contributed by atoms with E-state index in [1.165, 1.54) is 6.07 Å². The van der Waals surface area contributed by atoms with Gasteiger partial charge in [-0.05, 0) is 18.9 Å². The van der Waals surface area contributed by atoms with E-state index < -0.39 is 23.0 Å². The molecule has 0 aliphatic heterocycles. The highest BCUT2D eigenvalue weighted by molar-refractivity contribution is 5.81. The van der Waals surface area contributed by atoms with E-state index in [2.05, 4.69) is 0 Å². The zero-order valence-electron chi connectivity index (χ0n) is 9.26. The Kier molecular flexibility index (Phi) is 3.62. The molecule has 1 N–H and O–H groups in total. The Morgan fingerprint density at radius 1 is 1.31 bits per heavy atom. The highest BCUT2D eigenvalue weighted by atomic mass is 19.1. The Morgan fingerprint density at radius 2 is 1.88 bits per heavy atom. The van der Waals surface area contributed by atoms with Crippen LogP contribution in [0.5, 0.6) is 0 Å².